The van der Waals surface area contributed by atoms with E-state index in [4.69, 9.17) is 16.3 Å². The summed E-state index contributed by atoms with van der Waals surface area (Å²) in [4.78, 5) is 29.7. The molecule has 1 atom stereocenters. The number of ether oxygens (including phenoxy) is 1. The van der Waals surface area contributed by atoms with Gasteiger partial charge in [0.2, 0.25) is 11.8 Å². The van der Waals surface area contributed by atoms with Crippen molar-refractivity contribution in [2.75, 3.05) is 24.5 Å². The number of amides is 2. The van der Waals surface area contributed by atoms with E-state index in [0.29, 0.717) is 13.0 Å². The van der Waals surface area contributed by atoms with Crippen molar-refractivity contribution < 1.29 is 22.7 Å². The molecule has 8 nitrogen and oxygen atoms in total. The molecule has 0 aliphatic rings. The number of methoxy groups -OCH3 is 1. The van der Waals surface area contributed by atoms with Gasteiger partial charge in [-0.15, -0.1) is 0 Å². The average molecular weight is 648 g/mol. The molecule has 4 aromatic rings. The Bertz CT molecular complexity index is 1680. The molecule has 236 valence electrons. The standard InChI is InChI=1S/C35H38ClN3O5S/c1-4-21-37-35(41)32(22-27-11-7-5-8-12-27)38(24-28-17-15-26(2)16-18-28)34(40)25-39(31-23-29(36)19-20-33(31)44-3)45(42,43)30-13-9-6-10-14-30/h5-20,23,32H,4,21-22,24-25H2,1-3H3,(H,37,41). The maximum absolute atomic E-state index is 14.5. The van der Waals surface area contributed by atoms with Gasteiger partial charge in [0.05, 0.1) is 17.7 Å². The summed E-state index contributed by atoms with van der Waals surface area (Å²) in [5.74, 6) is -0.665. The van der Waals surface area contributed by atoms with Crippen molar-refractivity contribution in [1.29, 1.82) is 0 Å². The lowest BCUT2D eigenvalue weighted by molar-refractivity contribution is -0.140. The average Bonchev–Trinajstić information content (AvgIpc) is 3.05. The maximum atomic E-state index is 14.5. The summed E-state index contributed by atoms with van der Waals surface area (Å²) in [5.41, 5.74) is 2.81. The number of hydrogen-bond acceptors (Lipinski definition) is 5. The number of rotatable bonds is 14. The normalized spacial score (nSPS) is 11.8. The van der Waals surface area contributed by atoms with Crippen LogP contribution in [0, 0.1) is 6.92 Å². The van der Waals surface area contributed by atoms with Gasteiger partial charge in [0.1, 0.15) is 18.3 Å². The van der Waals surface area contributed by atoms with Crippen molar-refractivity contribution in [3.8, 4) is 5.75 Å². The Hall–Kier alpha value is -4.34. The molecule has 0 bridgehead atoms. The summed E-state index contributed by atoms with van der Waals surface area (Å²) in [6.07, 6.45) is 0.952. The number of carbonyl (C=O) groups excluding carboxylic acids is 2. The topological polar surface area (TPSA) is 96.0 Å². The monoisotopic (exact) mass is 647 g/mol. The molecule has 4 aromatic carbocycles. The summed E-state index contributed by atoms with van der Waals surface area (Å²) in [6.45, 7) is 3.83. The number of benzene rings is 4. The molecule has 4 rings (SSSR count). The molecule has 1 N–H and O–H groups in total. The van der Waals surface area contributed by atoms with E-state index in [1.165, 1.54) is 30.2 Å². The van der Waals surface area contributed by atoms with E-state index in [2.05, 4.69) is 5.32 Å². The molecule has 1 unspecified atom stereocenters. The zero-order valence-electron chi connectivity index (χ0n) is 25.6. The minimum atomic E-state index is -4.28. The number of nitrogens with one attached hydrogen (secondary N) is 1. The van der Waals surface area contributed by atoms with Crippen LogP contribution in [0.15, 0.2) is 108 Å². The molecule has 0 aliphatic heterocycles. The van der Waals surface area contributed by atoms with Crippen LogP contribution in [-0.4, -0.2) is 51.4 Å². The van der Waals surface area contributed by atoms with Gasteiger partial charge < -0.3 is 15.0 Å². The number of nitrogens with zero attached hydrogens (tertiary/aromatic N) is 2. The first-order valence-corrected chi connectivity index (χ1v) is 16.5. The summed E-state index contributed by atoms with van der Waals surface area (Å²) in [7, 11) is -2.87. The van der Waals surface area contributed by atoms with Crippen LogP contribution in [0.5, 0.6) is 5.75 Å². The highest BCUT2D eigenvalue weighted by Crippen LogP contribution is 2.35. The number of halogens is 1. The lowest BCUT2D eigenvalue weighted by atomic mass is 10.0. The lowest BCUT2D eigenvalue weighted by Crippen LogP contribution is -2.53. The van der Waals surface area contributed by atoms with E-state index < -0.39 is 28.5 Å². The Morgan fingerprint density at radius 3 is 2.16 bits per heavy atom. The smallest absolute Gasteiger partial charge is 0.264 e. The number of aryl methyl sites for hydroxylation is 1. The van der Waals surface area contributed by atoms with Crippen molar-refractivity contribution in [1.82, 2.24) is 10.2 Å². The first kappa shape index (κ1) is 33.6. The van der Waals surface area contributed by atoms with E-state index in [9.17, 15) is 18.0 Å². The maximum Gasteiger partial charge on any atom is 0.264 e. The second-order valence-corrected chi connectivity index (χ2v) is 12.9. The Labute approximate surface area is 270 Å². The number of sulfonamides is 1. The van der Waals surface area contributed by atoms with Gasteiger partial charge in [-0.05, 0) is 54.8 Å². The third-order valence-electron chi connectivity index (χ3n) is 7.31. The molecular formula is C35H38ClN3O5S. The zero-order valence-corrected chi connectivity index (χ0v) is 27.2. The molecule has 0 saturated heterocycles. The van der Waals surface area contributed by atoms with Crippen LogP contribution in [0.25, 0.3) is 0 Å². The van der Waals surface area contributed by atoms with Gasteiger partial charge in [-0.3, -0.25) is 13.9 Å². The molecular weight excluding hydrogens is 610 g/mol. The molecule has 0 radical (unpaired) electrons. The fourth-order valence-electron chi connectivity index (χ4n) is 4.90. The van der Waals surface area contributed by atoms with Crippen LogP contribution < -0.4 is 14.4 Å². The van der Waals surface area contributed by atoms with E-state index in [0.717, 1.165) is 21.0 Å². The Morgan fingerprint density at radius 1 is 0.889 bits per heavy atom. The fraction of sp³-hybridized carbons (Fsp3) is 0.257. The molecule has 0 heterocycles. The minimum Gasteiger partial charge on any atom is -0.495 e. The van der Waals surface area contributed by atoms with Gasteiger partial charge >= 0.3 is 0 Å². The Morgan fingerprint density at radius 2 is 1.53 bits per heavy atom. The van der Waals surface area contributed by atoms with Gasteiger partial charge in [-0.25, -0.2) is 8.42 Å². The summed E-state index contributed by atoms with van der Waals surface area (Å²) >= 11 is 6.34. The molecule has 10 heteroatoms. The van der Waals surface area contributed by atoms with E-state index >= 15 is 0 Å². The molecule has 2 amide bonds. The van der Waals surface area contributed by atoms with E-state index in [1.807, 2.05) is 68.4 Å². The molecule has 0 spiro atoms. The van der Waals surface area contributed by atoms with Crippen molar-refractivity contribution in [3.63, 3.8) is 0 Å². The van der Waals surface area contributed by atoms with Crippen LogP contribution >= 0.6 is 11.6 Å². The van der Waals surface area contributed by atoms with E-state index in [-0.39, 0.29) is 40.2 Å². The van der Waals surface area contributed by atoms with Crippen LogP contribution in [0.4, 0.5) is 5.69 Å². The quantitative estimate of drug-likeness (QED) is 0.181. The Balaban J connectivity index is 1.83. The highest BCUT2D eigenvalue weighted by atomic mass is 35.5. The van der Waals surface area contributed by atoms with Crippen LogP contribution in [-0.2, 0) is 32.6 Å². The Kier molecular flexibility index (Phi) is 11.6. The SMILES string of the molecule is CCCNC(=O)C(Cc1ccccc1)N(Cc1ccc(C)cc1)C(=O)CN(c1cc(Cl)ccc1OC)S(=O)(=O)c1ccccc1. The van der Waals surface area contributed by atoms with Crippen LogP contribution in [0.1, 0.15) is 30.0 Å². The first-order chi connectivity index (χ1) is 21.6. The van der Waals surface area contributed by atoms with Gasteiger partial charge in [0.25, 0.3) is 10.0 Å². The van der Waals surface area contributed by atoms with Gasteiger partial charge in [0, 0.05) is 24.5 Å². The fourth-order valence-corrected chi connectivity index (χ4v) is 6.51. The third kappa shape index (κ3) is 8.65. The molecule has 45 heavy (non-hydrogen) atoms. The number of anilines is 1. The molecule has 0 aliphatic carbocycles. The van der Waals surface area contributed by atoms with Crippen molar-refractivity contribution >= 4 is 39.1 Å². The predicted octanol–water partition coefficient (Wildman–Crippen LogP) is 6.02. The number of hydrogen-bond donors (Lipinski definition) is 1. The van der Waals surface area contributed by atoms with Crippen molar-refractivity contribution in [2.24, 2.45) is 0 Å². The summed E-state index contributed by atoms with van der Waals surface area (Å²) < 4.78 is 34.9. The minimum absolute atomic E-state index is 0.00793. The molecule has 0 aromatic heterocycles. The third-order valence-corrected chi connectivity index (χ3v) is 9.32. The van der Waals surface area contributed by atoms with Gasteiger partial charge in [-0.1, -0.05) is 96.9 Å². The van der Waals surface area contributed by atoms with Gasteiger partial charge in [0.15, 0.2) is 0 Å². The van der Waals surface area contributed by atoms with Crippen molar-refractivity contribution in [3.05, 3.63) is 125 Å². The molecule has 0 fully saturated rings. The summed E-state index contributed by atoms with van der Waals surface area (Å²) in [6, 6.07) is 28.6. The van der Waals surface area contributed by atoms with Crippen LogP contribution in [0.2, 0.25) is 5.02 Å². The molecule has 0 saturated carbocycles. The highest BCUT2D eigenvalue weighted by Gasteiger charge is 2.35. The first-order valence-electron chi connectivity index (χ1n) is 14.7. The van der Waals surface area contributed by atoms with Gasteiger partial charge in [-0.2, -0.15) is 0 Å². The zero-order chi connectivity index (χ0) is 32.4. The summed E-state index contributed by atoms with van der Waals surface area (Å²) in [5, 5.41) is 3.22. The van der Waals surface area contributed by atoms with Crippen molar-refractivity contribution in [2.45, 2.75) is 44.2 Å². The van der Waals surface area contributed by atoms with E-state index in [1.54, 1.807) is 30.3 Å². The number of carbonyl (C=O) groups is 2. The predicted molar refractivity (Wildman–Crippen MR) is 178 cm³/mol. The van der Waals surface area contributed by atoms with Crippen LogP contribution in [0.3, 0.4) is 0 Å². The highest BCUT2D eigenvalue weighted by molar-refractivity contribution is 7.92. The second kappa shape index (κ2) is 15.6. The largest absolute Gasteiger partial charge is 0.495 e. The second-order valence-electron chi connectivity index (χ2n) is 10.6. The lowest BCUT2D eigenvalue weighted by Gasteiger charge is -2.34.